The van der Waals surface area contributed by atoms with Crippen LogP contribution in [0.15, 0.2) is 54.6 Å². The number of aromatic amines is 1. The Morgan fingerprint density at radius 1 is 0.895 bits per heavy atom. The minimum atomic E-state index is -0.00577. The minimum absolute atomic E-state index is 0.00577. The van der Waals surface area contributed by atoms with Crippen LogP contribution in [0.2, 0.25) is 0 Å². The van der Waals surface area contributed by atoms with Gasteiger partial charge in [-0.25, -0.2) is 0 Å². The summed E-state index contributed by atoms with van der Waals surface area (Å²) >= 11 is 0. The fourth-order valence-electron chi connectivity index (χ4n) is 2.60. The van der Waals surface area contributed by atoms with Crippen LogP contribution in [0.1, 0.15) is 30.7 Å². The molecule has 1 heteroatoms. The molecule has 1 nitrogen and oxygen atoms in total. The number of hydrogen-bond donors (Lipinski definition) is 1. The maximum Gasteiger partial charge on any atom is 0.0456 e. The molecule has 2 aromatic carbocycles. The van der Waals surface area contributed by atoms with Crippen molar-refractivity contribution in [3.05, 3.63) is 71.4 Å². The summed E-state index contributed by atoms with van der Waals surface area (Å²) < 4.78 is 0. The minimum Gasteiger partial charge on any atom is -0.358 e. The first kappa shape index (κ1) is 12.0. The van der Waals surface area contributed by atoms with Crippen LogP contribution in [0.5, 0.6) is 0 Å². The highest BCUT2D eigenvalue weighted by molar-refractivity contribution is 5.81. The Labute approximate surface area is 114 Å². The molecule has 96 valence electrons. The normalized spacial score (nSPS) is 11.9. The lowest BCUT2D eigenvalue weighted by Crippen LogP contribution is -2.19. The van der Waals surface area contributed by atoms with Crippen molar-refractivity contribution >= 4 is 10.9 Å². The third-order valence-electron chi connectivity index (χ3n) is 3.95. The van der Waals surface area contributed by atoms with Gasteiger partial charge in [0.2, 0.25) is 0 Å². The number of rotatable bonds is 2. The molecule has 19 heavy (non-hydrogen) atoms. The van der Waals surface area contributed by atoms with E-state index in [1.165, 1.54) is 27.7 Å². The van der Waals surface area contributed by atoms with Gasteiger partial charge in [0, 0.05) is 16.6 Å². The van der Waals surface area contributed by atoms with Gasteiger partial charge in [-0.05, 0) is 36.1 Å². The van der Waals surface area contributed by atoms with E-state index >= 15 is 0 Å². The van der Waals surface area contributed by atoms with Crippen LogP contribution in [-0.2, 0) is 5.41 Å². The summed E-state index contributed by atoms with van der Waals surface area (Å²) in [6, 6.07) is 19.5. The lowest BCUT2D eigenvalue weighted by atomic mass is 9.81. The van der Waals surface area contributed by atoms with Crippen molar-refractivity contribution in [2.75, 3.05) is 0 Å². The van der Waals surface area contributed by atoms with Gasteiger partial charge in [0.1, 0.15) is 0 Å². The topological polar surface area (TPSA) is 15.8 Å². The zero-order valence-corrected chi connectivity index (χ0v) is 11.7. The van der Waals surface area contributed by atoms with E-state index in [1.807, 2.05) is 0 Å². The third kappa shape index (κ3) is 2.06. The van der Waals surface area contributed by atoms with Crippen molar-refractivity contribution in [3.8, 4) is 0 Å². The van der Waals surface area contributed by atoms with Crippen LogP contribution >= 0.6 is 0 Å². The van der Waals surface area contributed by atoms with Gasteiger partial charge in [-0.15, -0.1) is 0 Å². The molecule has 0 spiro atoms. The molecule has 1 N–H and O–H groups in total. The highest BCUT2D eigenvalue weighted by Gasteiger charge is 2.24. The second-order valence-electron chi connectivity index (χ2n) is 5.76. The number of aromatic nitrogens is 1. The van der Waals surface area contributed by atoms with E-state index in [4.69, 9.17) is 0 Å². The van der Waals surface area contributed by atoms with Crippen molar-refractivity contribution in [1.82, 2.24) is 4.98 Å². The zero-order valence-electron chi connectivity index (χ0n) is 11.7. The molecule has 0 saturated carbocycles. The fraction of sp³-hybridized carbons (Fsp3) is 0.222. The van der Waals surface area contributed by atoms with Gasteiger partial charge in [0.15, 0.2) is 0 Å². The van der Waals surface area contributed by atoms with Crippen LogP contribution < -0.4 is 0 Å². The molecule has 0 amide bonds. The average Bonchev–Trinajstić information content (AvgIpc) is 2.83. The molecule has 0 bridgehead atoms. The van der Waals surface area contributed by atoms with Gasteiger partial charge >= 0.3 is 0 Å². The van der Waals surface area contributed by atoms with Gasteiger partial charge in [-0.3, -0.25) is 0 Å². The Bertz CT molecular complexity index is 705. The lowest BCUT2D eigenvalue weighted by molar-refractivity contribution is 0.623. The highest BCUT2D eigenvalue weighted by atomic mass is 14.7. The Morgan fingerprint density at radius 2 is 1.63 bits per heavy atom. The van der Waals surface area contributed by atoms with E-state index in [9.17, 15) is 0 Å². The first-order valence-corrected chi connectivity index (χ1v) is 6.73. The molecule has 0 aliphatic heterocycles. The molecule has 1 aromatic heterocycles. The van der Waals surface area contributed by atoms with Crippen LogP contribution in [0, 0.1) is 6.92 Å². The molecule has 0 radical (unpaired) electrons. The summed E-state index contributed by atoms with van der Waals surface area (Å²) in [4.78, 5) is 3.56. The Morgan fingerprint density at radius 3 is 2.37 bits per heavy atom. The van der Waals surface area contributed by atoms with E-state index in [1.54, 1.807) is 0 Å². The van der Waals surface area contributed by atoms with Gasteiger partial charge in [-0.2, -0.15) is 0 Å². The summed E-state index contributed by atoms with van der Waals surface area (Å²) in [5.41, 5.74) is 5.10. The Hall–Kier alpha value is -2.02. The predicted molar refractivity (Wildman–Crippen MR) is 81.6 cm³/mol. The molecule has 0 aliphatic rings. The lowest BCUT2D eigenvalue weighted by Gasteiger charge is -2.24. The smallest absolute Gasteiger partial charge is 0.0456 e. The second kappa shape index (κ2) is 4.27. The van der Waals surface area contributed by atoms with Crippen LogP contribution in [0.3, 0.4) is 0 Å². The summed E-state index contributed by atoms with van der Waals surface area (Å²) in [6.07, 6.45) is 0. The van der Waals surface area contributed by atoms with E-state index in [0.717, 1.165) is 0 Å². The van der Waals surface area contributed by atoms with Crippen molar-refractivity contribution in [3.63, 3.8) is 0 Å². The summed E-state index contributed by atoms with van der Waals surface area (Å²) in [5, 5.41) is 1.29. The standard InChI is InChI=1S/C18H19N/c1-13-9-10-16-14(11-13)12-17(19-16)18(2,3)15-7-5-4-6-8-15/h4-12,19H,1-3H3. The molecule has 3 aromatic rings. The first-order chi connectivity index (χ1) is 9.07. The Balaban J connectivity index is 2.13. The largest absolute Gasteiger partial charge is 0.358 e. The molecule has 0 atom stereocenters. The molecule has 0 saturated heterocycles. The molecule has 0 aliphatic carbocycles. The highest BCUT2D eigenvalue weighted by Crippen LogP contribution is 2.32. The monoisotopic (exact) mass is 249 g/mol. The maximum absolute atomic E-state index is 3.56. The molecule has 0 unspecified atom stereocenters. The van der Waals surface area contributed by atoms with Gasteiger partial charge in [-0.1, -0.05) is 55.8 Å². The van der Waals surface area contributed by atoms with Crippen LogP contribution in [-0.4, -0.2) is 4.98 Å². The van der Waals surface area contributed by atoms with Crippen LogP contribution in [0.4, 0.5) is 0 Å². The maximum atomic E-state index is 3.56. The average molecular weight is 249 g/mol. The summed E-state index contributed by atoms with van der Waals surface area (Å²) in [6.45, 7) is 6.66. The Kier molecular flexibility index (Phi) is 2.70. The van der Waals surface area contributed by atoms with E-state index in [0.29, 0.717) is 0 Å². The number of nitrogens with one attached hydrogen (secondary N) is 1. The number of benzene rings is 2. The molecule has 3 rings (SSSR count). The van der Waals surface area contributed by atoms with Crippen molar-refractivity contribution in [1.29, 1.82) is 0 Å². The van der Waals surface area contributed by atoms with Crippen molar-refractivity contribution < 1.29 is 0 Å². The number of aryl methyl sites for hydroxylation is 1. The second-order valence-corrected chi connectivity index (χ2v) is 5.76. The predicted octanol–water partition coefficient (Wildman–Crippen LogP) is 4.80. The van der Waals surface area contributed by atoms with Gasteiger partial charge in [0.05, 0.1) is 0 Å². The molecule has 0 fully saturated rings. The fourth-order valence-corrected chi connectivity index (χ4v) is 2.60. The van der Waals surface area contributed by atoms with Crippen molar-refractivity contribution in [2.45, 2.75) is 26.2 Å². The van der Waals surface area contributed by atoms with Gasteiger partial charge in [0.25, 0.3) is 0 Å². The third-order valence-corrected chi connectivity index (χ3v) is 3.95. The summed E-state index contributed by atoms with van der Waals surface area (Å²) in [5.74, 6) is 0. The molecular formula is C18H19N. The number of fused-ring (bicyclic) bond motifs is 1. The zero-order chi connectivity index (χ0) is 13.5. The number of hydrogen-bond acceptors (Lipinski definition) is 0. The van der Waals surface area contributed by atoms with Crippen LogP contribution in [0.25, 0.3) is 10.9 Å². The van der Waals surface area contributed by atoms with Gasteiger partial charge < -0.3 is 4.98 Å². The van der Waals surface area contributed by atoms with E-state index in [2.05, 4.69) is 80.4 Å². The first-order valence-electron chi connectivity index (χ1n) is 6.73. The number of H-pyrrole nitrogens is 1. The summed E-state index contributed by atoms with van der Waals surface area (Å²) in [7, 11) is 0. The van der Waals surface area contributed by atoms with Crippen molar-refractivity contribution in [2.24, 2.45) is 0 Å². The van der Waals surface area contributed by atoms with E-state index < -0.39 is 0 Å². The van der Waals surface area contributed by atoms with E-state index in [-0.39, 0.29) is 5.41 Å². The molecule has 1 heterocycles. The quantitative estimate of drug-likeness (QED) is 0.671. The SMILES string of the molecule is Cc1ccc2[nH]c(C(C)(C)c3ccccc3)cc2c1. The molecular weight excluding hydrogens is 230 g/mol.